The molecule has 0 aliphatic heterocycles. The first-order valence-corrected chi connectivity index (χ1v) is 12.2. The fourth-order valence-electron chi connectivity index (χ4n) is 4.85. The summed E-state index contributed by atoms with van der Waals surface area (Å²) in [5, 5.41) is 22.8. The van der Waals surface area contributed by atoms with Gasteiger partial charge in [-0.2, -0.15) is 5.26 Å². The minimum Gasteiger partial charge on any atom is -0.494 e. The van der Waals surface area contributed by atoms with Gasteiger partial charge in [0, 0.05) is 41.0 Å². The Morgan fingerprint density at radius 3 is 2.53 bits per heavy atom. The highest BCUT2D eigenvalue weighted by Gasteiger charge is 2.44. The number of nitriles is 1. The van der Waals surface area contributed by atoms with E-state index in [1.165, 1.54) is 20.3 Å². The van der Waals surface area contributed by atoms with E-state index in [1.54, 1.807) is 42.7 Å². The van der Waals surface area contributed by atoms with Crippen molar-refractivity contribution < 1.29 is 19.0 Å². The average Bonchev–Trinajstić information content (AvgIpc) is 2.92. The number of benzene rings is 2. The lowest BCUT2D eigenvalue weighted by Gasteiger charge is -2.39. The lowest BCUT2D eigenvalue weighted by molar-refractivity contribution is 0.00246. The summed E-state index contributed by atoms with van der Waals surface area (Å²) < 4.78 is 27.1. The first kappa shape index (κ1) is 27.0. The molecule has 2 aromatic heterocycles. The summed E-state index contributed by atoms with van der Waals surface area (Å²) in [4.78, 5) is 11.0. The van der Waals surface area contributed by atoms with E-state index in [9.17, 15) is 10.4 Å². The number of fused-ring (bicyclic) bond motifs is 1. The van der Waals surface area contributed by atoms with Crippen LogP contribution in [-0.2, 0) is 5.60 Å². The molecular formula is C30H31FN4O3. The Bertz CT molecular complexity index is 1500. The summed E-state index contributed by atoms with van der Waals surface area (Å²) in [6.07, 6.45) is 3.58. The highest BCUT2D eigenvalue weighted by molar-refractivity contribution is 5.82. The average molecular weight is 515 g/mol. The van der Waals surface area contributed by atoms with Crippen LogP contribution in [0.2, 0.25) is 0 Å². The predicted octanol–water partition coefficient (Wildman–Crippen LogP) is 4.94. The zero-order valence-electron chi connectivity index (χ0n) is 22.2. The van der Waals surface area contributed by atoms with E-state index < -0.39 is 17.3 Å². The zero-order chi connectivity index (χ0) is 27.4. The summed E-state index contributed by atoms with van der Waals surface area (Å²) >= 11 is 0. The molecule has 4 rings (SSSR count). The van der Waals surface area contributed by atoms with Crippen LogP contribution in [0.3, 0.4) is 0 Å². The summed E-state index contributed by atoms with van der Waals surface area (Å²) in [6, 6.07) is 15.8. The number of pyridine rings is 2. The van der Waals surface area contributed by atoms with Gasteiger partial charge in [-0.25, -0.2) is 9.37 Å². The van der Waals surface area contributed by atoms with E-state index in [-0.39, 0.29) is 23.6 Å². The second-order valence-electron chi connectivity index (χ2n) is 9.63. The lowest BCUT2D eigenvalue weighted by atomic mass is 9.71. The SMILES string of the molecule is COc1cccc(C(c2cc3cc(C#N)ccc3nc2OC)C(O)(CCN(C)C)c2cncc(C)c2)c1F. The van der Waals surface area contributed by atoms with Crippen LogP contribution < -0.4 is 9.47 Å². The first-order chi connectivity index (χ1) is 18.2. The van der Waals surface area contributed by atoms with Crippen molar-refractivity contribution in [2.24, 2.45) is 0 Å². The van der Waals surface area contributed by atoms with Crippen LogP contribution in [0.1, 0.15) is 40.2 Å². The Labute approximate surface area is 222 Å². The molecular weight excluding hydrogens is 483 g/mol. The number of rotatable bonds is 9. The van der Waals surface area contributed by atoms with Gasteiger partial charge in [0.15, 0.2) is 11.6 Å². The highest BCUT2D eigenvalue weighted by Crippen LogP contribution is 2.48. The number of nitrogens with zero attached hydrogens (tertiary/aromatic N) is 4. The molecule has 0 radical (unpaired) electrons. The second-order valence-corrected chi connectivity index (χ2v) is 9.63. The monoisotopic (exact) mass is 514 g/mol. The number of methoxy groups -OCH3 is 2. The largest absolute Gasteiger partial charge is 0.494 e. The second kappa shape index (κ2) is 11.1. The van der Waals surface area contributed by atoms with Crippen LogP contribution in [-0.4, -0.2) is 54.8 Å². The highest BCUT2D eigenvalue weighted by atomic mass is 19.1. The van der Waals surface area contributed by atoms with Crippen LogP contribution in [0.4, 0.5) is 4.39 Å². The van der Waals surface area contributed by atoms with E-state index in [0.717, 1.165) is 5.56 Å². The van der Waals surface area contributed by atoms with E-state index in [2.05, 4.69) is 16.0 Å². The third-order valence-electron chi connectivity index (χ3n) is 6.76. The molecule has 2 aromatic carbocycles. The maximum Gasteiger partial charge on any atom is 0.217 e. The Morgan fingerprint density at radius 1 is 1.08 bits per heavy atom. The van der Waals surface area contributed by atoms with Gasteiger partial charge in [0.05, 0.1) is 37.3 Å². The quantitative estimate of drug-likeness (QED) is 0.338. The lowest BCUT2D eigenvalue weighted by Crippen LogP contribution is -2.38. The number of hydrogen-bond donors (Lipinski definition) is 1. The molecule has 0 aliphatic carbocycles. The maximum atomic E-state index is 16.0. The van der Waals surface area contributed by atoms with Gasteiger partial charge >= 0.3 is 0 Å². The van der Waals surface area contributed by atoms with Gasteiger partial charge in [-0.05, 0) is 63.3 Å². The molecule has 4 aromatic rings. The molecule has 8 heteroatoms. The normalized spacial score (nSPS) is 13.7. The van der Waals surface area contributed by atoms with Crippen LogP contribution in [0.5, 0.6) is 11.6 Å². The molecule has 2 heterocycles. The minimum absolute atomic E-state index is 0.0595. The van der Waals surface area contributed by atoms with Gasteiger partial charge in [-0.1, -0.05) is 18.2 Å². The number of aromatic nitrogens is 2. The van der Waals surface area contributed by atoms with Gasteiger partial charge in [-0.15, -0.1) is 0 Å². The molecule has 2 unspecified atom stereocenters. The van der Waals surface area contributed by atoms with Gasteiger partial charge < -0.3 is 19.5 Å². The number of ether oxygens (including phenoxy) is 2. The fraction of sp³-hybridized carbons (Fsp3) is 0.300. The van der Waals surface area contributed by atoms with Crippen LogP contribution >= 0.6 is 0 Å². The van der Waals surface area contributed by atoms with Crippen molar-refractivity contribution in [3.05, 3.63) is 94.6 Å². The van der Waals surface area contributed by atoms with Crippen molar-refractivity contribution in [1.29, 1.82) is 5.26 Å². The number of aliphatic hydroxyl groups is 1. The molecule has 7 nitrogen and oxygen atoms in total. The van der Waals surface area contributed by atoms with Gasteiger partial charge in [0.25, 0.3) is 0 Å². The van der Waals surface area contributed by atoms with E-state index in [4.69, 9.17) is 9.47 Å². The number of hydrogen-bond acceptors (Lipinski definition) is 7. The molecule has 0 amide bonds. The summed E-state index contributed by atoms with van der Waals surface area (Å²) in [6.45, 7) is 2.40. The molecule has 196 valence electrons. The smallest absolute Gasteiger partial charge is 0.217 e. The van der Waals surface area contributed by atoms with E-state index in [0.29, 0.717) is 34.1 Å². The topological polar surface area (TPSA) is 91.5 Å². The molecule has 0 saturated heterocycles. The minimum atomic E-state index is -1.62. The molecule has 1 N–H and O–H groups in total. The van der Waals surface area contributed by atoms with Gasteiger partial charge in [0.2, 0.25) is 5.88 Å². The molecule has 0 fully saturated rings. The zero-order valence-corrected chi connectivity index (χ0v) is 22.2. The molecule has 0 spiro atoms. The van der Waals surface area contributed by atoms with Crippen molar-refractivity contribution >= 4 is 10.9 Å². The number of halogens is 1. The summed E-state index contributed by atoms with van der Waals surface area (Å²) in [5.41, 5.74) is 1.56. The molecule has 2 atom stereocenters. The summed E-state index contributed by atoms with van der Waals surface area (Å²) in [7, 11) is 6.73. The number of aryl methyl sites for hydroxylation is 1. The van der Waals surface area contributed by atoms with Crippen molar-refractivity contribution in [2.75, 3.05) is 34.9 Å². The standard InChI is InChI=1S/C30H31FN4O3/c1-19-13-22(18-33-17-19)30(36,11-12-35(2)3)27(23-7-6-8-26(37-4)28(23)31)24-15-21-14-20(16-32)9-10-25(21)34-29(24)38-5/h6-10,13-15,17-18,27,36H,11-12H2,1-5H3. The fourth-order valence-corrected chi connectivity index (χ4v) is 4.85. The van der Waals surface area contributed by atoms with Gasteiger partial charge in [-0.3, -0.25) is 4.98 Å². The van der Waals surface area contributed by atoms with Crippen LogP contribution in [0, 0.1) is 24.1 Å². The predicted molar refractivity (Wildman–Crippen MR) is 144 cm³/mol. The van der Waals surface area contributed by atoms with Crippen molar-refractivity contribution in [1.82, 2.24) is 14.9 Å². The Hall–Kier alpha value is -4.06. The Morgan fingerprint density at radius 2 is 1.87 bits per heavy atom. The summed E-state index contributed by atoms with van der Waals surface area (Å²) in [5.74, 6) is -1.24. The van der Waals surface area contributed by atoms with Crippen molar-refractivity contribution in [3.63, 3.8) is 0 Å². The maximum absolute atomic E-state index is 16.0. The molecule has 0 aliphatic rings. The molecule has 0 bridgehead atoms. The third-order valence-corrected chi connectivity index (χ3v) is 6.76. The molecule has 0 saturated carbocycles. The van der Waals surface area contributed by atoms with Gasteiger partial charge in [0.1, 0.15) is 5.60 Å². The molecule has 38 heavy (non-hydrogen) atoms. The van der Waals surface area contributed by atoms with E-state index in [1.807, 2.05) is 38.1 Å². The first-order valence-electron chi connectivity index (χ1n) is 12.2. The Balaban J connectivity index is 2.10. The van der Waals surface area contributed by atoms with E-state index >= 15 is 4.39 Å². The van der Waals surface area contributed by atoms with Crippen molar-refractivity contribution in [3.8, 4) is 17.7 Å². The van der Waals surface area contributed by atoms with Crippen molar-refractivity contribution in [2.45, 2.75) is 24.9 Å². The van der Waals surface area contributed by atoms with Crippen LogP contribution in [0.15, 0.2) is 60.9 Å². The Kier molecular flexibility index (Phi) is 7.91. The third kappa shape index (κ3) is 5.17. The van der Waals surface area contributed by atoms with Crippen LogP contribution in [0.25, 0.3) is 10.9 Å².